The van der Waals surface area contributed by atoms with Crippen LogP contribution in [0.25, 0.3) is 0 Å². The number of aldehydes is 1. The van der Waals surface area contributed by atoms with Crippen molar-refractivity contribution in [1.82, 2.24) is 15.5 Å². The first kappa shape index (κ1) is 19.4. The van der Waals surface area contributed by atoms with Gasteiger partial charge in [-0.05, 0) is 12.0 Å². The average Bonchev–Trinajstić information content (AvgIpc) is 2.98. The minimum atomic E-state index is -0.860. The maximum Gasteiger partial charge on any atom is 0.407 e. The fourth-order valence-corrected chi connectivity index (χ4v) is 2.87. The molecule has 2 rings (SSSR count). The van der Waals surface area contributed by atoms with Gasteiger partial charge in [-0.1, -0.05) is 12.1 Å². The quantitative estimate of drug-likeness (QED) is 0.693. The number of ether oxygens (including phenoxy) is 1. The van der Waals surface area contributed by atoms with E-state index in [-0.39, 0.29) is 37.1 Å². The van der Waals surface area contributed by atoms with Gasteiger partial charge < -0.3 is 25.1 Å². The van der Waals surface area contributed by atoms with E-state index in [1.54, 1.807) is 6.07 Å². The van der Waals surface area contributed by atoms with Crippen molar-refractivity contribution in [3.8, 4) is 0 Å². The van der Waals surface area contributed by atoms with Crippen LogP contribution in [-0.4, -0.2) is 49.3 Å². The van der Waals surface area contributed by atoms with E-state index >= 15 is 0 Å². The predicted molar refractivity (Wildman–Crippen MR) is 88.7 cm³/mol. The molecule has 0 saturated heterocycles. The SMILES string of the molecule is CNC(=O)C(CCC=O)N1Cc2ccc(CNC(=O)OC)c(F)c2C1=O. The molecule has 1 heterocycles. The molecule has 8 nitrogen and oxygen atoms in total. The first-order valence-corrected chi connectivity index (χ1v) is 8.02. The van der Waals surface area contributed by atoms with Gasteiger partial charge in [0.2, 0.25) is 5.91 Å². The van der Waals surface area contributed by atoms with Gasteiger partial charge in [0.15, 0.2) is 0 Å². The Morgan fingerprint density at radius 3 is 2.77 bits per heavy atom. The molecule has 0 bridgehead atoms. The van der Waals surface area contributed by atoms with Crippen LogP contribution in [0.15, 0.2) is 12.1 Å². The van der Waals surface area contributed by atoms with Crippen molar-refractivity contribution in [3.63, 3.8) is 0 Å². The summed E-state index contributed by atoms with van der Waals surface area (Å²) in [5, 5.41) is 4.82. The number of benzene rings is 1. The van der Waals surface area contributed by atoms with Crippen molar-refractivity contribution in [2.24, 2.45) is 0 Å². The van der Waals surface area contributed by atoms with Crippen LogP contribution in [0.5, 0.6) is 0 Å². The highest BCUT2D eigenvalue weighted by Crippen LogP contribution is 2.30. The molecular formula is C17H20FN3O5. The molecule has 1 aliphatic heterocycles. The van der Waals surface area contributed by atoms with Gasteiger partial charge in [0.1, 0.15) is 18.1 Å². The number of amides is 3. The highest BCUT2D eigenvalue weighted by molar-refractivity contribution is 6.01. The number of halogens is 1. The average molecular weight is 365 g/mol. The summed E-state index contributed by atoms with van der Waals surface area (Å²) >= 11 is 0. The maximum atomic E-state index is 14.8. The van der Waals surface area contributed by atoms with Crippen LogP contribution in [0.1, 0.15) is 34.3 Å². The van der Waals surface area contributed by atoms with Crippen LogP contribution < -0.4 is 10.6 Å². The number of carbonyl (C=O) groups excluding carboxylic acids is 4. The predicted octanol–water partition coefficient (Wildman–Crippen LogP) is 0.731. The van der Waals surface area contributed by atoms with Gasteiger partial charge in [-0.15, -0.1) is 0 Å². The van der Waals surface area contributed by atoms with Crippen molar-refractivity contribution in [1.29, 1.82) is 0 Å². The van der Waals surface area contributed by atoms with E-state index in [1.165, 1.54) is 25.1 Å². The van der Waals surface area contributed by atoms with Crippen LogP contribution in [0.3, 0.4) is 0 Å². The highest BCUT2D eigenvalue weighted by Gasteiger charge is 2.38. The van der Waals surface area contributed by atoms with Crippen LogP contribution in [0, 0.1) is 5.82 Å². The van der Waals surface area contributed by atoms with E-state index in [9.17, 15) is 23.6 Å². The lowest BCUT2D eigenvalue weighted by atomic mass is 10.0. The molecule has 2 N–H and O–H groups in total. The number of nitrogens with one attached hydrogen (secondary N) is 2. The largest absolute Gasteiger partial charge is 0.453 e. The van der Waals surface area contributed by atoms with Crippen LogP contribution >= 0.6 is 0 Å². The second-order valence-corrected chi connectivity index (χ2v) is 5.73. The van der Waals surface area contributed by atoms with E-state index in [4.69, 9.17) is 0 Å². The molecule has 0 saturated carbocycles. The van der Waals surface area contributed by atoms with Gasteiger partial charge in [-0.25, -0.2) is 9.18 Å². The molecule has 3 amide bonds. The molecule has 26 heavy (non-hydrogen) atoms. The number of rotatable bonds is 7. The number of nitrogens with zero attached hydrogens (tertiary/aromatic N) is 1. The Hall–Kier alpha value is -2.97. The Kier molecular flexibility index (Phi) is 6.26. The first-order valence-electron chi connectivity index (χ1n) is 8.02. The second-order valence-electron chi connectivity index (χ2n) is 5.73. The molecule has 1 unspecified atom stereocenters. The Morgan fingerprint density at radius 1 is 1.42 bits per heavy atom. The van der Waals surface area contributed by atoms with Gasteiger partial charge in [0, 0.05) is 32.1 Å². The second kappa shape index (κ2) is 8.41. The molecule has 1 aromatic rings. The van der Waals surface area contributed by atoms with Gasteiger partial charge in [-0.3, -0.25) is 9.59 Å². The fraction of sp³-hybridized carbons (Fsp3) is 0.412. The Bertz CT molecular complexity index is 737. The summed E-state index contributed by atoms with van der Waals surface area (Å²) in [4.78, 5) is 47.8. The summed E-state index contributed by atoms with van der Waals surface area (Å²) in [5.41, 5.74) is 0.470. The van der Waals surface area contributed by atoms with Gasteiger partial charge in [-0.2, -0.15) is 0 Å². The molecule has 0 radical (unpaired) electrons. The summed E-state index contributed by atoms with van der Waals surface area (Å²) in [6.07, 6.45) is 0.211. The lowest BCUT2D eigenvalue weighted by Crippen LogP contribution is -2.46. The zero-order valence-corrected chi connectivity index (χ0v) is 14.5. The number of likely N-dealkylation sites (N-methyl/N-ethyl adjacent to an activating group) is 1. The van der Waals surface area contributed by atoms with Gasteiger partial charge in [0.05, 0.1) is 12.7 Å². The normalized spacial score (nSPS) is 13.8. The van der Waals surface area contributed by atoms with Gasteiger partial charge >= 0.3 is 6.09 Å². The first-order chi connectivity index (χ1) is 12.4. The number of hydrogen-bond acceptors (Lipinski definition) is 5. The van der Waals surface area contributed by atoms with Crippen LogP contribution in [-0.2, 0) is 27.4 Å². The third-order valence-electron chi connectivity index (χ3n) is 4.22. The third-order valence-corrected chi connectivity index (χ3v) is 4.22. The zero-order chi connectivity index (χ0) is 19.3. The smallest absolute Gasteiger partial charge is 0.407 e. The lowest BCUT2D eigenvalue weighted by Gasteiger charge is -2.25. The topological polar surface area (TPSA) is 105 Å². The maximum absolute atomic E-state index is 14.8. The standard InChI is InChI=1S/C17H20FN3O5/c1-19-15(23)12(4-3-7-22)21-9-11-6-5-10(8-20-17(25)26-2)14(18)13(11)16(21)24/h5-7,12H,3-4,8-9H2,1-2H3,(H,19,23)(H,20,25). The number of fused-ring (bicyclic) bond motifs is 1. The summed E-state index contributed by atoms with van der Waals surface area (Å²) in [5.74, 6) is -1.77. The zero-order valence-electron chi connectivity index (χ0n) is 14.5. The summed E-state index contributed by atoms with van der Waals surface area (Å²) in [6.45, 7) is -0.0597. The lowest BCUT2D eigenvalue weighted by molar-refractivity contribution is -0.125. The molecule has 0 aliphatic carbocycles. The summed E-state index contributed by atoms with van der Waals surface area (Å²) in [6, 6.07) is 2.20. The van der Waals surface area contributed by atoms with E-state index in [0.29, 0.717) is 11.8 Å². The summed E-state index contributed by atoms with van der Waals surface area (Å²) in [7, 11) is 2.62. The van der Waals surface area contributed by atoms with E-state index in [0.717, 1.165) is 0 Å². The molecule has 140 valence electrons. The van der Waals surface area contributed by atoms with E-state index in [2.05, 4.69) is 15.4 Å². The van der Waals surface area contributed by atoms with Crippen molar-refractivity contribution in [2.75, 3.05) is 14.2 Å². The monoisotopic (exact) mass is 365 g/mol. The Balaban J connectivity index is 2.27. The minimum Gasteiger partial charge on any atom is -0.453 e. The molecule has 0 fully saturated rings. The molecule has 1 aromatic carbocycles. The molecular weight excluding hydrogens is 345 g/mol. The molecule has 0 aromatic heterocycles. The van der Waals surface area contributed by atoms with Crippen LogP contribution in [0.4, 0.5) is 9.18 Å². The molecule has 9 heteroatoms. The van der Waals surface area contributed by atoms with Crippen LogP contribution in [0.2, 0.25) is 0 Å². The highest BCUT2D eigenvalue weighted by atomic mass is 19.1. The number of methoxy groups -OCH3 is 1. The van der Waals surface area contributed by atoms with Crippen molar-refractivity contribution >= 4 is 24.2 Å². The molecule has 1 aliphatic rings. The fourth-order valence-electron chi connectivity index (χ4n) is 2.87. The number of carbonyl (C=O) groups is 4. The van der Waals surface area contributed by atoms with Crippen molar-refractivity contribution < 1.29 is 28.3 Å². The third kappa shape index (κ3) is 3.81. The van der Waals surface area contributed by atoms with Crippen molar-refractivity contribution in [2.45, 2.75) is 32.0 Å². The minimum absolute atomic E-state index is 0.0761. The van der Waals surface area contributed by atoms with Gasteiger partial charge in [0.25, 0.3) is 5.91 Å². The van der Waals surface area contributed by atoms with E-state index < -0.39 is 29.8 Å². The Morgan fingerprint density at radius 2 is 2.15 bits per heavy atom. The molecule has 1 atom stereocenters. The molecule has 0 spiro atoms. The Labute approximate surface area is 149 Å². The number of hydrogen-bond donors (Lipinski definition) is 2. The number of alkyl carbamates (subject to hydrolysis) is 1. The van der Waals surface area contributed by atoms with E-state index in [1.807, 2.05) is 0 Å². The summed E-state index contributed by atoms with van der Waals surface area (Å²) < 4.78 is 19.2. The van der Waals surface area contributed by atoms with Crippen molar-refractivity contribution in [3.05, 3.63) is 34.6 Å².